The molecule has 0 amide bonds. The Morgan fingerprint density at radius 3 is 2.67 bits per heavy atom. The van der Waals surface area contributed by atoms with Crippen LogP contribution >= 0.6 is 0 Å². The van der Waals surface area contributed by atoms with Gasteiger partial charge in [-0.3, -0.25) is 4.98 Å². The first-order valence-corrected chi connectivity index (χ1v) is 5.59. The lowest BCUT2D eigenvalue weighted by atomic mass is 10.2. The summed E-state index contributed by atoms with van der Waals surface area (Å²) >= 11 is 0. The van der Waals surface area contributed by atoms with Gasteiger partial charge >= 0.3 is 0 Å². The van der Waals surface area contributed by atoms with Crippen LogP contribution in [0, 0.1) is 5.82 Å². The number of fused-ring (bicyclic) bond motifs is 1. The van der Waals surface area contributed by atoms with E-state index in [0.717, 1.165) is 6.20 Å². The maximum Gasteiger partial charge on any atom is 0.239 e. The summed E-state index contributed by atoms with van der Waals surface area (Å²) in [7, 11) is -3.79. The molecular weight excluding hydrogens is 219 g/mol. The normalized spacial score (nSPS) is 11.9. The lowest BCUT2D eigenvalue weighted by Crippen LogP contribution is -2.12. The Balaban J connectivity index is 2.75. The Hall–Kier alpha value is -1.53. The van der Waals surface area contributed by atoms with E-state index >= 15 is 0 Å². The Morgan fingerprint density at radius 1 is 1.27 bits per heavy atom. The second-order valence-electron chi connectivity index (χ2n) is 3.05. The summed E-state index contributed by atoms with van der Waals surface area (Å²) in [5, 5.41) is 5.33. The fourth-order valence-electron chi connectivity index (χ4n) is 1.24. The third kappa shape index (κ3) is 1.95. The van der Waals surface area contributed by atoms with Gasteiger partial charge in [-0.05, 0) is 24.3 Å². The summed E-state index contributed by atoms with van der Waals surface area (Å²) < 4.78 is 34.9. The number of aromatic nitrogens is 1. The van der Waals surface area contributed by atoms with E-state index in [2.05, 4.69) is 4.98 Å². The lowest BCUT2D eigenvalue weighted by Gasteiger charge is -2.00. The van der Waals surface area contributed by atoms with Gasteiger partial charge in [0.25, 0.3) is 0 Å². The first kappa shape index (κ1) is 10.0. The average Bonchev–Trinajstić information content (AvgIpc) is 2.15. The number of pyridine rings is 1. The van der Waals surface area contributed by atoms with Crippen LogP contribution in [0.3, 0.4) is 0 Å². The van der Waals surface area contributed by atoms with Crippen LogP contribution in [0.25, 0.3) is 10.9 Å². The van der Waals surface area contributed by atoms with E-state index < -0.39 is 15.8 Å². The molecule has 2 rings (SSSR count). The molecule has 0 saturated carbocycles. The zero-order valence-corrected chi connectivity index (χ0v) is 8.33. The summed E-state index contributed by atoms with van der Waals surface area (Å²) in [6.07, 6.45) is 1.15. The van der Waals surface area contributed by atoms with Crippen LogP contribution in [-0.4, -0.2) is 13.4 Å². The number of nitrogens with zero attached hydrogens (tertiary/aromatic N) is 1. The van der Waals surface area contributed by atoms with Gasteiger partial charge in [-0.25, -0.2) is 17.9 Å². The van der Waals surface area contributed by atoms with Crippen LogP contribution in [0.15, 0.2) is 35.4 Å². The minimum atomic E-state index is -3.79. The number of hydrogen-bond donors (Lipinski definition) is 1. The Bertz CT molecular complexity index is 625. The molecule has 4 nitrogen and oxygen atoms in total. The SMILES string of the molecule is NS(=O)(=O)c1cnc2ccc(F)cc2c1. The van der Waals surface area contributed by atoms with Gasteiger partial charge in [-0.2, -0.15) is 0 Å². The van der Waals surface area contributed by atoms with E-state index in [0.29, 0.717) is 10.9 Å². The largest absolute Gasteiger partial charge is 0.255 e. The van der Waals surface area contributed by atoms with Crippen molar-refractivity contribution in [3.05, 3.63) is 36.3 Å². The van der Waals surface area contributed by atoms with Crippen LogP contribution < -0.4 is 5.14 Å². The van der Waals surface area contributed by atoms with Crippen molar-refractivity contribution in [2.45, 2.75) is 4.90 Å². The minimum absolute atomic E-state index is 0.124. The Labute approximate surface area is 85.6 Å². The number of sulfonamides is 1. The van der Waals surface area contributed by atoms with Gasteiger partial charge < -0.3 is 0 Å². The molecule has 1 heterocycles. The van der Waals surface area contributed by atoms with E-state index in [4.69, 9.17) is 5.14 Å². The maximum absolute atomic E-state index is 12.9. The van der Waals surface area contributed by atoms with Crippen molar-refractivity contribution in [3.63, 3.8) is 0 Å². The monoisotopic (exact) mass is 226 g/mol. The first-order chi connectivity index (χ1) is 6.97. The minimum Gasteiger partial charge on any atom is -0.255 e. The standard InChI is InChI=1S/C9H7FN2O2S/c10-7-1-2-9-6(3-7)4-8(5-12-9)15(11,13)14/h1-5H,(H2,11,13,14). The number of halogens is 1. The molecule has 6 heteroatoms. The summed E-state index contributed by atoms with van der Waals surface area (Å²) in [6, 6.07) is 5.22. The number of hydrogen-bond acceptors (Lipinski definition) is 3. The molecule has 0 aliphatic heterocycles. The van der Waals surface area contributed by atoms with Crippen molar-refractivity contribution in [1.29, 1.82) is 0 Å². The highest BCUT2D eigenvalue weighted by molar-refractivity contribution is 7.89. The zero-order chi connectivity index (χ0) is 11.1. The van der Waals surface area contributed by atoms with Crippen molar-refractivity contribution < 1.29 is 12.8 Å². The summed E-state index contributed by atoms with van der Waals surface area (Å²) in [4.78, 5) is 3.74. The van der Waals surface area contributed by atoms with Crippen LogP contribution in [-0.2, 0) is 10.0 Å². The molecule has 0 unspecified atom stereocenters. The van der Waals surface area contributed by atoms with Crippen LogP contribution in [0.5, 0.6) is 0 Å². The Kier molecular flexibility index (Phi) is 2.17. The number of nitrogens with two attached hydrogens (primary N) is 1. The van der Waals surface area contributed by atoms with Gasteiger partial charge in [0.15, 0.2) is 0 Å². The highest BCUT2D eigenvalue weighted by Crippen LogP contribution is 2.16. The zero-order valence-electron chi connectivity index (χ0n) is 7.51. The topological polar surface area (TPSA) is 73.1 Å². The van der Waals surface area contributed by atoms with Crippen molar-refractivity contribution in [1.82, 2.24) is 4.98 Å². The van der Waals surface area contributed by atoms with E-state index in [-0.39, 0.29) is 4.90 Å². The lowest BCUT2D eigenvalue weighted by molar-refractivity contribution is 0.597. The molecule has 1 aromatic carbocycles. The summed E-state index contributed by atoms with van der Waals surface area (Å²) in [5.41, 5.74) is 0.517. The molecule has 0 radical (unpaired) electrons. The molecule has 0 aliphatic rings. The van der Waals surface area contributed by atoms with Gasteiger partial charge in [0.1, 0.15) is 10.7 Å². The van der Waals surface area contributed by atoms with Crippen molar-refractivity contribution in [2.75, 3.05) is 0 Å². The maximum atomic E-state index is 12.9. The van der Waals surface area contributed by atoms with Crippen molar-refractivity contribution >= 4 is 20.9 Å². The molecule has 0 fully saturated rings. The molecule has 0 atom stereocenters. The number of rotatable bonds is 1. The molecule has 2 aromatic rings. The molecular formula is C9H7FN2O2S. The summed E-state index contributed by atoms with van der Waals surface area (Å²) in [6.45, 7) is 0. The van der Waals surface area contributed by atoms with Gasteiger partial charge in [-0.1, -0.05) is 0 Å². The van der Waals surface area contributed by atoms with E-state index in [1.807, 2.05) is 0 Å². The van der Waals surface area contributed by atoms with E-state index in [9.17, 15) is 12.8 Å². The van der Waals surface area contributed by atoms with Crippen molar-refractivity contribution in [3.8, 4) is 0 Å². The first-order valence-electron chi connectivity index (χ1n) is 4.05. The second-order valence-corrected chi connectivity index (χ2v) is 4.61. The molecule has 15 heavy (non-hydrogen) atoms. The molecule has 2 N–H and O–H groups in total. The van der Waals surface area contributed by atoms with Crippen LogP contribution in [0.4, 0.5) is 4.39 Å². The van der Waals surface area contributed by atoms with E-state index in [1.165, 1.54) is 24.3 Å². The van der Waals surface area contributed by atoms with Crippen molar-refractivity contribution in [2.24, 2.45) is 5.14 Å². The van der Waals surface area contributed by atoms with Gasteiger partial charge in [-0.15, -0.1) is 0 Å². The van der Waals surface area contributed by atoms with Gasteiger partial charge in [0.2, 0.25) is 10.0 Å². The highest BCUT2D eigenvalue weighted by Gasteiger charge is 2.09. The smallest absolute Gasteiger partial charge is 0.239 e. The molecule has 0 aliphatic carbocycles. The fraction of sp³-hybridized carbons (Fsp3) is 0. The number of benzene rings is 1. The molecule has 0 spiro atoms. The third-order valence-electron chi connectivity index (χ3n) is 1.95. The molecule has 0 saturated heterocycles. The molecule has 0 bridgehead atoms. The van der Waals surface area contributed by atoms with Gasteiger partial charge in [0, 0.05) is 11.6 Å². The third-order valence-corrected chi connectivity index (χ3v) is 2.83. The highest BCUT2D eigenvalue weighted by atomic mass is 32.2. The Morgan fingerprint density at radius 2 is 2.00 bits per heavy atom. The second kappa shape index (κ2) is 3.25. The van der Waals surface area contributed by atoms with Crippen LogP contribution in [0.2, 0.25) is 0 Å². The van der Waals surface area contributed by atoms with Gasteiger partial charge in [0.05, 0.1) is 5.52 Å². The number of primary sulfonamides is 1. The summed E-state index contributed by atoms with van der Waals surface area (Å²) in [5.74, 6) is -0.448. The molecule has 78 valence electrons. The van der Waals surface area contributed by atoms with Crippen LogP contribution in [0.1, 0.15) is 0 Å². The average molecular weight is 226 g/mol. The predicted octanol–water partition coefficient (Wildman–Crippen LogP) is 1.02. The quantitative estimate of drug-likeness (QED) is 0.789. The predicted molar refractivity (Wildman–Crippen MR) is 53.1 cm³/mol. The fourth-order valence-corrected chi connectivity index (χ4v) is 1.73. The molecule has 1 aromatic heterocycles. The van der Waals surface area contributed by atoms with E-state index in [1.54, 1.807) is 0 Å².